The van der Waals surface area contributed by atoms with Crippen LogP contribution in [0.1, 0.15) is 27.2 Å². The molecule has 5 N–H and O–H groups in total. The smallest absolute Gasteiger partial charge is 0.315 e. The van der Waals surface area contributed by atoms with Gasteiger partial charge in [0.05, 0.1) is 5.54 Å². The fourth-order valence-electron chi connectivity index (χ4n) is 0.899. The summed E-state index contributed by atoms with van der Waals surface area (Å²) < 4.78 is 0. The van der Waals surface area contributed by atoms with Gasteiger partial charge in [0.15, 0.2) is 5.84 Å². The lowest BCUT2D eigenvalue weighted by Gasteiger charge is -2.27. The zero-order chi connectivity index (χ0) is 11.2. The second-order valence-electron chi connectivity index (χ2n) is 3.16. The summed E-state index contributed by atoms with van der Waals surface area (Å²) >= 11 is 0. The Morgan fingerprint density at radius 3 is 2.50 bits per heavy atom. The van der Waals surface area contributed by atoms with Crippen LogP contribution in [0.25, 0.3) is 0 Å². The molecule has 0 aromatic carbocycles. The van der Waals surface area contributed by atoms with Crippen LogP contribution in [0.15, 0.2) is 5.16 Å². The minimum Gasteiger partial charge on any atom is -0.409 e. The second kappa shape index (κ2) is 5.31. The summed E-state index contributed by atoms with van der Waals surface area (Å²) in [7, 11) is 0. The van der Waals surface area contributed by atoms with Crippen molar-refractivity contribution in [2.75, 3.05) is 6.54 Å². The lowest BCUT2D eigenvalue weighted by atomic mass is 9.98. The Morgan fingerprint density at radius 1 is 1.57 bits per heavy atom. The summed E-state index contributed by atoms with van der Waals surface area (Å²) in [4.78, 5) is 11.2. The summed E-state index contributed by atoms with van der Waals surface area (Å²) in [5.74, 6) is -0.00810. The van der Waals surface area contributed by atoms with Gasteiger partial charge in [-0.05, 0) is 20.3 Å². The Kier molecular flexibility index (Phi) is 4.76. The number of nitrogens with one attached hydrogen (secondary N) is 2. The lowest BCUT2D eigenvalue weighted by molar-refractivity contribution is 0.233. The molecule has 0 bridgehead atoms. The van der Waals surface area contributed by atoms with Gasteiger partial charge in [0.1, 0.15) is 0 Å². The number of hydrogen-bond acceptors (Lipinski definition) is 3. The van der Waals surface area contributed by atoms with E-state index >= 15 is 0 Å². The van der Waals surface area contributed by atoms with Crippen LogP contribution >= 0.6 is 0 Å². The number of hydrogen-bond donors (Lipinski definition) is 4. The van der Waals surface area contributed by atoms with Gasteiger partial charge in [-0.2, -0.15) is 0 Å². The van der Waals surface area contributed by atoms with E-state index in [-0.39, 0.29) is 11.9 Å². The third kappa shape index (κ3) is 3.12. The summed E-state index contributed by atoms with van der Waals surface area (Å²) in [6.07, 6.45) is 0.542. The first-order chi connectivity index (χ1) is 6.50. The first kappa shape index (κ1) is 12.5. The highest BCUT2D eigenvalue weighted by Gasteiger charge is 2.29. The molecule has 0 heterocycles. The number of carbonyl (C=O) groups excluding carboxylic acids is 1. The zero-order valence-electron chi connectivity index (χ0n) is 8.79. The van der Waals surface area contributed by atoms with E-state index in [1.807, 2.05) is 13.8 Å². The van der Waals surface area contributed by atoms with E-state index in [4.69, 9.17) is 10.9 Å². The van der Waals surface area contributed by atoms with Gasteiger partial charge in [0.25, 0.3) is 0 Å². The van der Waals surface area contributed by atoms with Gasteiger partial charge in [-0.15, -0.1) is 0 Å². The van der Waals surface area contributed by atoms with E-state index in [1.54, 1.807) is 6.92 Å². The Hall–Kier alpha value is -1.46. The molecule has 0 aliphatic carbocycles. The Morgan fingerprint density at radius 2 is 2.14 bits per heavy atom. The lowest BCUT2D eigenvalue weighted by Crippen LogP contribution is -2.57. The largest absolute Gasteiger partial charge is 0.409 e. The SMILES string of the molecule is CCNC(=O)NC(C)(CC)/C(N)=N/O. The topological polar surface area (TPSA) is 99.7 Å². The van der Waals surface area contributed by atoms with E-state index in [2.05, 4.69) is 15.8 Å². The van der Waals surface area contributed by atoms with Crippen molar-refractivity contribution in [3.05, 3.63) is 0 Å². The molecule has 6 heteroatoms. The number of nitrogens with two attached hydrogens (primary N) is 1. The normalized spacial score (nSPS) is 15.8. The maximum atomic E-state index is 11.2. The highest BCUT2D eigenvalue weighted by molar-refractivity contribution is 5.93. The third-order valence-corrected chi connectivity index (χ3v) is 2.11. The standard InChI is InChI=1S/C8H18N4O2/c1-4-8(3,6(9)12-14)11-7(13)10-5-2/h14H,4-5H2,1-3H3,(H2,9,12)(H2,10,11,13). The van der Waals surface area contributed by atoms with Gasteiger partial charge in [-0.3, -0.25) is 0 Å². The van der Waals surface area contributed by atoms with Crippen molar-refractivity contribution in [2.45, 2.75) is 32.7 Å². The molecule has 0 aliphatic heterocycles. The van der Waals surface area contributed by atoms with Gasteiger partial charge in [-0.25, -0.2) is 4.79 Å². The van der Waals surface area contributed by atoms with Gasteiger partial charge in [0, 0.05) is 6.54 Å². The first-order valence-electron chi connectivity index (χ1n) is 4.54. The Balaban J connectivity index is 4.48. The van der Waals surface area contributed by atoms with Crippen LogP contribution in [-0.4, -0.2) is 29.2 Å². The fourth-order valence-corrected chi connectivity index (χ4v) is 0.899. The molecule has 0 aromatic heterocycles. The molecule has 0 aliphatic rings. The van der Waals surface area contributed by atoms with Crippen molar-refractivity contribution in [1.82, 2.24) is 10.6 Å². The van der Waals surface area contributed by atoms with Crippen LogP contribution in [0.2, 0.25) is 0 Å². The van der Waals surface area contributed by atoms with E-state index in [1.165, 1.54) is 0 Å². The van der Waals surface area contributed by atoms with Gasteiger partial charge >= 0.3 is 6.03 Å². The van der Waals surface area contributed by atoms with Crippen LogP contribution in [-0.2, 0) is 0 Å². The quantitative estimate of drug-likeness (QED) is 0.227. The predicted molar refractivity (Wildman–Crippen MR) is 54.3 cm³/mol. The summed E-state index contributed by atoms with van der Waals surface area (Å²) in [5, 5.41) is 16.6. The number of urea groups is 1. The summed E-state index contributed by atoms with van der Waals surface area (Å²) in [5.41, 5.74) is 4.65. The number of carbonyl (C=O) groups is 1. The van der Waals surface area contributed by atoms with Crippen molar-refractivity contribution in [3.8, 4) is 0 Å². The molecule has 6 nitrogen and oxygen atoms in total. The number of rotatable bonds is 4. The van der Waals surface area contributed by atoms with Crippen molar-refractivity contribution in [3.63, 3.8) is 0 Å². The molecule has 0 fully saturated rings. The van der Waals surface area contributed by atoms with Crippen LogP contribution < -0.4 is 16.4 Å². The minimum atomic E-state index is -0.812. The Bertz CT molecular complexity index is 229. The molecule has 0 saturated heterocycles. The molecule has 82 valence electrons. The van der Waals surface area contributed by atoms with Crippen molar-refractivity contribution in [1.29, 1.82) is 0 Å². The monoisotopic (exact) mass is 202 g/mol. The molecule has 1 atom stereocenters. The van der Waals surface area contributed by atoms with Gasteiger partial charge in [0.2, 0.25) is 0 Å². The molecule has 2 amide bonds. The average molecular weight is 202 g/mol. The van der Waals surface area contributed by atoms with Crippen molar-refractivity contribution in [2.24, 2.45) is 10.9 Å². The van der Waals surface area contributed by atoms with Crippen molar-refractivity contribution < 1.29 is 10.0 Å². The van der Waals surface area contributed by atoms with Crippen molar-refractivity contribution >= 4 is 11.9 Å². The Labute approximate surface area is 83.5 Å². The minimum absolute atomic E-state index is 0.00810. The molecule has 0 aromatic rings. The average Bonchev–Trinajstić information content (AvgIpc) is 2.16. The molecular formula is C8H18N4O2. The molecule has 0 spiro atoms. The highest BCUT2D eigenvalue weighted by atomic mass is 16.4. The molecule has 0 rings (SSSR count). The molecular weight excluding hydrogens is 184 g/mol. The molecule has 0 radical (unpaired) electrons. The van der Waals surface area contributed by atoms with E-state index in [0.717, 1.165) is 0 Å². The molecule has 14 heavy (non-hydrogen) atoms. The van der Waals surface area contributed by atoms with Crippen LogP contribution in [0.3, 0.4) is 0 Å². The number of oxime groups is 1. The number of nitrogens with zero attached hydrogens (tertiary/aromatic N) is 1. The maximum Gasteiger partial charge on any atom is 0.315 e. The van der Waals surface area contributed by atoms with Gasteiger partial charge < -0.3 is 21.6 Å². The number of amides is 2. The van der Waals surface area contributed by atoms with E-state index < -0.39 is 5.54 Å². The summed E-state index contributed by atoms with van der Waals surface area (Å²) in [6.45, 7) is 5.87. The first-order valence-corrected chi connectivity index (χ1v) is 4.54. The fraction of sp³-hybridized carbons (Fsp3) is 0.750. The second-order valence-corrected chi connectivity index (χ2v) is 3.16. The number of amidine groups is 1. The predicted octanol–water partition coefficient (Wildman–Crippen LogP) is 0.221. The highest BCUT2D eigenvalue weighted by Crippen LogP contribution is 2.08. The maximum absolute atomic E-state index is 11.2. The van der Waals surface area contributed by atoms with Crippen LogP contribution in [0.5, 0.6) is 0 Å². The van der Waals surface area contributed by atoms with Crippen LogP contribution in [0.4, 0.5) is 4.79 Å². The van der Waals surface area contributed by atoms with E-state index in [0.29, 0.717) is 13.0 Å². The van der Waals surface area contributed by atoms with Crippen LogP contribution in [0, 0.1) is 0 Å². The zero-order valence-corrected chi connectivity index (χ0v) is 8.79. The summed E-state index contributed by atoms with van der Waals surface area (Å²) in [6, 6.07) is -0.330. The molecule has 0 saturated carbocycles. The van der Waals surface area contributed by atoms with E-state index in [9.17, 15) is 4.79 Å². The molecule has 1 unspecified atom stereocenters. The third-order valence-electron chi connectivity index (χ3n) is 2.11. The van der Waals surface area contributed by atoms with Gasteiger partial charge in [-0.1, -0.05) is 12.1 Å².